The van der Waals surface area contributed by atoms with E-state index < -0.39 is 6.10 Å². The van der Waals surface area contributed by atoms with Crippen LogP contribution in [-0.2, 0) is 16.0 Å². The van der Waals surface area contributed by atoms with Gasteiger partial charge in [0.15, 0.2) is 6.10 Å². The molecule has 1 aliphatic heterocycles. The van der Waals surface area contributed by atoms with E-state index in [1.807, 2.05) is 24.3 Å². The summed E-state index contributed by atoms with van der Waals surface area (Å²) in [6, 6.07) is 14.6. The number of ether oxygens (including phenoxy) is 1. The Hall–Kier alpha value is -2.66. The van der Waals surface area contributed by atoms with Gasteiger partial charge in [-0.25, -0.2) is 0 Å². The van der Waals surface area contributed by atoms with Crippen LogP contribution in [0.2, 0.25) is 0 Å². The Kier molecular flexibility index (Phi) is 4.39. The lowest BCUT2D eigenvalue weighted by Crippen LogP contribution is -2.28. The molecule has 2 N–H and O–H groups in total. The number of hydrogen-bond donors (Lipinski definition) is 2. The number of fused-ring (bicyclic) bond motifs is 1. The van der Waals surface area contributed by atoms with E-state index in [0.717, 1.165) is 17.5 Å². The molecule has 118 valence electrons. The second-order valence-corrected chi connectivity index (χ2v) is 5.35. The van der Waals surface area contributed by atoms with E-state index in [4.69, 9.17) is 4.74 Å². The van der Waals surface area contributed by atoms with E-state index in [1.165, 1.54) is 0 Å². The molecule has 0 aromatic heterocycles. The first-order chi connectivity index (χ1) is 11.2. The summed E-state index contributed by atoms with van der Waals surface area (Å²) in [5.41, 5.74) is 3.24. The van der Waals surface area contributed by atoms with Gasteiger partial charge in [0.2, 0.25) is 0 Å². The molecule has 0 aliphatic carbocycles. The van der Waals surface area contributed by atoms with Crippen molar-refractivity contribution < 1.29 is 14.3 Å². The Balaban J connectivity index is 1.74. The normalized spacial score (nSPS) is 16.3. The fraction of sp³-hybridized carbons (Fsp3) is 0.222. The van der Waals surface area contributed by atoms with Crippen LogP contribution in [0, 0.1) is 0 Å². The van der Waals surface area contributed by atoms with E-state index in [-0.39, 0.29) is 11.8 Å². The summed E-state index contributed by atoms with van der Waals surface area (Å²) in [7, 11) is 1.58. The van der Waals surface area contributed by atoms with Crippen LogP contribution in [0.4, 0.5) is 5.69 Å². The molecule has 2 aromatic carbocycles. The number of carbonyl (C=O) groups excluding carboxylic acids is 2. The van der Waals surface area contributed by atoms with E-state index >= 15 is 0 Å². The molecule has 1 heterocycles. The van der Waals surface area contributed by atoms with Crippen LogP contribution in [0.3, 0.4) is 0 Å². The van der Waals surface area contributed by atoms with Gasteiger partial charge in [-0.2, -0.15) is 0 Å². The lowest BCUT2D eigenvalue weighted by Gasteiger charge is -2.25. The monoisotopic (exact) mass is 310 g/mol. The minimum Gasteiger partial charge on any atom is -0.363 e. The fourth-order valence-corrected chi connectivity index (χ4v) is 2.67. The molecule has 2 aromatic rings. The summed E-state index contributed by atoms with van der Waals surface area (Å²) >= 11 is 0. The number of nitrogens with one attached hydrogen (secondary N) is 2. The van der Waals surface area contributed by atoms with Gasteiger partial charge in [-0.1, -0.05) is 24.3 Å². The molecule has 0 fully saturated rings. The average Bonchev–Trinajstić information content (AvgIpc) is 2.61. The van der Waals surface area contributed by atoms with Gasteiger partial charge in [0.25, 0.3) is 11.8 Å². The Labute approximate surface area is 134 Å². The predicted octanol–water partition coefficient (Wildman–Crippen LogP) is 2.30. The summed E-state index contributed by atoms with van der Waals surface area (Å²) in [4.78, 5) is 24.0. The van der Waals surface area contributed by atoms with Gasteiger partial charge >= 0.3 is 0 Å². The first kappa shape index (κ1) is 15.2. The average molecular weight is 310 g/mol. The van der Waals surface area contributed by atoms with Crippen LogP contribution >= 0.6 is 0 Å². The van der Waals surface area contributed by atoms with Gasteiger partial charge < -0.3 is 15.4 Å². The molecular formula is C18H18N2O3. The van der Waals surface area contributed by atoms with Gasteiger partial charge in [0.1, 0.15) is 0 Å². The molecular weight excluding hydrogens is 292 g/mol. The molecule has 0 radical (unpaired) electrons. The van der Waals surface area contributed by atoms with Crippen molar-refractivity contribution in [3.8, 4) is 0 Å². The minimum atomic E-state index is -0.599. The van der Waals surface area contributed by atoms with E-state index in [2.05, 4.69) is 10.6 Å². The molecule has 1 aliphatic rings. The van der Waals surface area contributed by atoms with Gasteiger partial charge in [-0.05, 0) is 41.8 Å². The highest BCUT2D eigenvalue weighted by atomic mass is 16.5. The van der Waals surface area contributed by atoms with E-state index in [1.54, 1.807) is 31.3 Å². The van der Waals surface area contributed by atoms with Crippen LogP contribution in [0.15, 0.2) is 48.5 Å². The number of carbonyl (C=O) groups is 2. The minimum absolute atomic E-state index is 0.160. The molecule has 2 amide bonds. The topological polar surface area (TPSA) is 67.4 Å². The Morgan fingerprint density at radius 2 is 1.83 bits per heavy atom. The zero-order valence-electron chi connectivity index (χ0n) is 12.8. The third-order valence-electron chi connectivity index (χ3n) is 3.87. The lowest BCUT2D eigenvalue weighted by molar-refractivity contribution is -0.128. The quantitative estimate of drug-likeness (QED) is 0.914. The van der Waals surface area contributed by atoms with Crippen molar-refractivity contribution in [2.24, 2.45) is 0 Å². The van der Waals surface area contributed by atoms with Crippen molar-refractivity contribution in [2.45, 2.75) is 12.5 Å². The number of amides is 2. The maximum atomic E-state index is 12.5. The first-order valence-corrected chi connectivity index (χ1v) is 7.51. The molecule has 0 spiro atoms. The number of hydrogen-bond acceptors (Lipinski definition) is 3. The standard InChI is InChI=1S/C18H18N2O3/c1-19-17(21)13-6-8-14(9-7-13)20-18(22)16-15-5-3-2-4-12(15)10-11-23-16/h2-9,16H,10-11H2,1H3,(H,19,21)(H,20,22). The van der Waals surface area contributed by atoms with Crippen molar-refractivity contribution >= 4 is 17.5 Å². The van der Waals surface area contributed by atoms with E-state index in [9.17, 15) is 9.59 Å². The number of rotatable bonds is 3. The smallest absolute Gasteiger partial charge is 0.258 e. The summed E-state index contributed by atoms with van der Waals surface area (Å²) < 4.78 is 5.64. The maximum absolute atomic E-state index is 12.5. The van der Waals surface area contributed by atoms with Crippen molar-refractivity contribution in [1.29, 1.82) is 0 Å². The summed E-state index contributed by atoms with van der Waals surface area (Å²) in [5.74, 6) is -0.364. The van der Waals surface area contributed by atoms with Crippen LogP contribution in [-0.4, -0.2) is 25.5 Å². The molecule has 3 rings (SSSR count). The van der Waals surface area contributed by atoms with Crippen LogP contribution in [0.5, 0.6) is 0 Å². The Morgan fingerprint density at radius 1 is 1.09 bits per heavy atom. The Bertz CT molecular complexity index is 725. The summed E-state index contributed by atoms with van der Waals surface area (Å²) in [5, 5.41) is 5.40. The zero-order chi connectivity index (χ0) is 16.2. The number of anilines is 1. The third-order valence-corrected chi connectivity index (χ3v) is 3.87. The first-order valence-electron chi connectivity index (χ1n) is 7.51. The molecule has 0 saturated carbocycles. The maximum Gasteiger partial charge on any atom is 0.258 e. The third kappa shape index (κ3) is 3.24. The lowest BCUT2D eigenvalue weighted by atomic mass is 9.97. The van der Waals surface area contributed by atoms with Crippen molar-refractivity contribution in [3.05, 3.63) is 65.2 Å². The molecule has 0 bridgehead atoms. The van der Waals surface area contributed by atoms with Crippen molar-refractivity contribution in [3.63, 3.8) is 0 Å². The predicted molar refractivity (Wildman–Crippen MR) is 87.3 cm³/mol. The van der Waals surface area contributed by atoms with E-state index in [0.29, 0.717) is 17.9 Å². The fourth-order valence-electron chi connectivity index (χ4n) is 2.67. The van der Waals surface area contributed by atoms with Crippen molar-refractivity contribution in [2.75, 3.05) is 19.0 Å². The molecule has 1 atom stereocenters. The van der Waals surface area contributed by atoms with Crippen molar-refractivity contribution in [1.82, 2.24) is 5.32 Å². The summed E-state index contributed by atoms with van der Waals surface area (Å²) in [6.07, 6.45) is 0.222. The van der Waals surface area contributed by atoms with Gasteiger partial charge in [0.05, 0.1) is 6.61 Å². The molecule has 5 nitrogen and oxygen atoms in total. The second kappa shape index (κ2) is 6.62. The second-order valence-electron chi connectivity index (χ2n) is 5.35. The molecule has 1 unspecified atom stereocenters. The number of benzene rings is 2. The summed E-state index contributed by atoms with van der Waals surface area (Å²) in [6.45, 7) is 0.532. The highest BCUT2D eigenvalue weighted by molar-refractivity contribution is 5.97. The van der Waals surface area contributed by atoms with Gasteiger partial charge in [-0.3, -0.25) is 9.59 Å². The van der Waals surface area contributed by atoms with Crippen LogP contribution in [0.1, 0.15) is 27.6 Å². The zero-order valence-corrected chi connectivity index (χ0v) is 12.8. The molecule has 0 saturated heterocycles. The van der Waals surface area contributed by atoms with Crippen LogP contribution < -0.4 is 10.6 Å². The van der Waals surface area contributed by atoms with Crippen LogP contribution in [0.25, 0.3) is 0 Å². The highest BCUT2D eigenvalue weighted by Crippen LogP contribution is 2.28. The largest absolute Gasteiger partial charge is 0.363 e. The van der Waals surface area contributed by atoms with Gasteiger partial charge in [0, 0.05) is 18.3 Å². The molecule has 5 heteroatoms. The molecule has 23 heavy (non-hydrogen) atoms. The van der Waals surface area contributed by atoms with Gasteiger partial charge in [-0.15, -0.1) is 0 Å². The highest BCUT2D eigenvalue weighted by Gasteiger charge is 2.27. The Morgan fingerprint density at radius 3 is 2.57 bits per heavy atom. The SMILES string of the molecule is CNC(=O)c1ccc(NC(=O)C2OCCc3ccccc32)cc1.